The van der Waals surface area contributed by atoms with E-state index in [2.05, 4.69) is 9.47 Å². The molecule has 0 saturated carbocycles. The molecule has 4 aromatic rings. The van der Waals surface area contributed by atoms with Gasteiger partial charge in [0.15, 0.2) is 19.7 Å². The van der Waals surface area contributed by atoms with Crippen molar-refractivity contribution >= 4 is 59.9 Å². The number of anilines is 1. The first-order valence-electron chi connectivity index (χ1n) is 13.7. The van der Waals surface area contributed by atoms with E-state index in [9.17, 15) is 52.8 Å². The van der Waals surface area contributed by atoms with Crippen LogP contribution in [0.5, 0.6) is 0 Å². The van der Waals surface area contributed by atoms with Crippen LogP contribution in [-0.4, -0.2) is 43.0 Å². The largest absolute Gasteiger partial charge is 0.465 e. The minimum Gasteiger partial charge on any atom is -0.465 e. The van der Waals surface area contributed by atoms with Crippen molar-refractivity contribution in [1.29, 1.82) is 0 Å². The number of rotatable bonds is 8. The van der Waals surface area contributed by atoms with Gasteiger partial charge in [-0.2, -0.15) is 26.3 Å². The van der Waals surface area contributed by atoms with Gasteiger partial charge >= 0.3 is 24.3 Å². The Hall–Kier alpha value is -4.17. The fourth-order valence-electron chi connectivity index (χ4n) is 4.25. The zero-order chi connectivity index (χ0) is 37.7. The second kappa shape index (κ2) is 15.8. The molecule has 0 saturated heterocycles. The van der Waals surface area contributed by atoms with Crippen molar-refractivity contribution in [2.24, 2.45) is 0 Å². The lowest BCUT2D eigenvalue weighted by Gasteiger charge is -2.10. The van der Waals surface area contributed by atoms with E-state index in [-0.39, 0.29) is 37.7 Å². The van der Waals surface area contributed by atoms with Gasteiger partial charge in [0.05, 0.1) is 63.5 Å². The first kappa shape index (κ1) is 40.3. The Labute approximate surface area is 296 Å². The molecule has 268 valence electrons. The molecule has 0 amide bonds. The minimum atomic E-state index is -4.49. The summed E-state index contributed by atoms with van der Waals surface area (Å²) < 4.78 is 135. The molecule has 0 radical (unpaired) electrons. The number of methoxy groups -OCH3 is 2. The quantitative estimate of drug-likeness (QED) is 0.0848. The SMILES string of the molecule is COC(=O)c1ccc(S(=O)(=O)Cc2ccc(C(F)(F)F)cc2)c(I)c1.COC(=O)c1ccc(S(=O)(=O)Cc2ccc(C(F)(F)F)cc2)c(N)c1. The van der Waals surface area contributed by atoms with Crippen LogP contribution in [0.1, 0.15) is 43.0 Å². The maximum absolute atomic E-state index is 12.6. The van der Waals surface area contributed by atoms with Gasteiger partial charge in [0.1, 0.15) is 0 Å². The van der Waals surface area contributed by atoms with E-state index in [4.69, 9.17) is 5.73 Å². The fourth-order valence-corrected chi connectivity index (χ4v) is 8.67. The molecular weight excluding hydrogens is 831 g/mol. The number of sulfone groups is 2. The number of carbonyl (C=O) groups is 2. The third kappa shape index (κ3) is 10.4. The van der Waals surface area contributed by atoms with Crippen LogP contribution < -0.4 is 5.73 Å². The van der Waals surface area contributed by atoms with Crippen LogP contribution in [0.15, 0.2) is 94.7 Å². The molecule has 0 fully saturated rings. The number of nitrogens with two attached hydrogens (primary N) is 1. The van der Waals surface area contributed by atoms with Gasteiger partial charge in [0.25, 0.3) is 0 Å². The van der Waals surface area contributed by atoms with E-state index >= 15 is 0 Å². The number of halogens is 7. The van der Waals surface area contributed by atoms with Gasteiger partial charge in [-0.1, -0.05) is 24.3 Å². The summed E-state index contributed by atoms with van der Waals surface area (Å²) in [7, 11) is -5.30. The number of nitrogen functional groups attached to an aromatic ring is 1. The standard InChI is InChI=1S/C16H12F3IO4S.C16H14F3NO4S/c2*1-24-15(21)11-4-7-14(13(20)8-11)25(22,23)9-10-2-5-12(6-3-10)16(17,18)19/h2-8H,9H2,1H3;2-8H,9,20H2,1H3. The molecule has 50 heavy (non-hydrogen) atoms. The van der Waals surface area contributed by atoms with Crippen LogP contribution in [0.3, 0.4) is 0 Å². The summed E-state index contributed by atoms with van der Waals surface area (Å²) in [6, 6.07) is 15.4. The predicted molar refractivity (Wildman–Crippen MR) is 177 cm³/mol. The molecule has 0 aromatic heterocycles. The normalized spacial score (nSPS) is 12.0. The average Bonchev–Trinajstić information content (AvgIpc) is 3.03. The number of benzene rings is 4. The Morgan fingerprint density at radius 1 is 0.620 bits per heavy atom. The Bertz CT molecular complexity index is 1930. The van der Waals surface area contributed by atoms with Gasteiger partial charge in [-0.3, -0.25) is 0 Å². The molecule has 18 heteroatoms. The summed E-state index contributed by atoms with van der Waals surface area (Å²) in [5, 5.41) is 0. The molecule has 0 atom stereocenters. The maximum atomic E-state index is 12.6. The minimum absolute atomic E-state index is 0.000603. The monoisotopic (exact) mass is 857 g/mol. The van der Waals surface area contributed by atoms with E-state index in [0.29, 0.717) is 3.57 Å². The van der Waals surface area contributed by atoms with Crippen molar-refractivity contribution in [3.05, 3.63) is 122 Å². The number of alkyl halides is 6. The van der Waals surface area contributed by atoms with Gasteiger partial charge in [-0.25, -0.2) is 26.4 Å². The van der Waals surface area contributed by atoms with Crippen molar-refractivity contribution in [2.45, 2.75) is 33.6 Å². The Balaban J connectivity index is 0.000000270. The Morgan fingerprint density at radius 2 is 0.980 bits per heavy atom. The summed E-state index contributed by atoms with van der Waals surface area (Å²) in [5.74, 6) is -2.23. The Kier molecular flexibility index (Phi) is 12.7. The third-order valence-electron chi connectivity index (χ3n) is 6.73. The number of carbonyl (C=O) groups excluding carboxylic acids is 2. The van der Waals surface area contributed by atoms with Gasteiger partial charge in [-0.15, -0.1) is 0 Å². The molecule has 0 bridgehead atoms. The van der Waals surface area contributed by atoms with Crippen LogP contribution in [0.2, 0.25) is 0 Å². The fraction of sp³-hybridized carbons (Fsp3) is 0.188. The molecular formula is C32H26F6INO8S2. The van der Waals surface area contributed by atoms with Crippen molar-refractivity contribution in [1.82, 2.24) is 0 Å². The van der Waals surface area contributed by atoms with Crippen molar-refractivity contribution in [3.8, 4) is 0 Å². The lowest BCUT2D eigenvalue weighted by molar-refractivity contribution is -0.138. The van der Waals surface area contributed by atoms with E-state index < -0.39 is 66.6 Å². The van der Waals surface area contributed by atoms with Gasteiger partial charge in [0.2, 0.25) is 0 Å². The van der Waals surface area contributed by atoms with Gasteiger partial charge in [-0.05, 0) is 94.4 Å². The lowest BCUT2D eigenvalue weighted by Crippen LogP contribution is -2.10. The van der Waals surface area contributed by atoms with Crippen molar-refractivity contribution < 1.29 is 62.2 Å². The smallest absolute Gasteiger partial charge is 0.416 e. The second-order valence-corrected chi connectivity index (χ2v) is 15.4. The van der Waals surface area contributed by atoms with E-state index in [1.54, 1.807) is 22.6 Å². The predicted octanol–water partition coefficient (Wildman–Crippen LogP) is 7.12. The van der Waals surface area contributed by atoms with E-state index in [1.165, 1.54) is 50.6 Å². The highest BCUT2D eigenvalue weighted by Gasteiger charge is 2.31. The molecule has 0 aliphatic carbocycles. The van der Waals surface area contributed by atoms with Crippen LogP contribution in [0.4, 0.5) is 32.0 Å². The Morgan fingerprint density at radius 3 is 1.32 bits per heavy atom. The summed E-state index contributed by atoms with van der Waals surface area (Å²) in [4.78, 5) is 22.7. The van der Waals surface area contributed by atoms with Gasteiger partial charge in [0, 0.05) is 3.57 Å². The van der Waals surface area contributed by atoms with Crippen LogP contribution in [0, 0.1) is 3.57 Å². The molecule has 2 N–H and O–H groups in total. The zero-order valence-electron chi connectivity index (χ0n) is 25.8. The second-order valence-electron chi connectivity index (χ2n) is 10.3. The highest BCUT2D eigenvalue weighted by molar-refractivity contribution is 14.1. The third-order valence-corrected chi connectivity index (χ3v) is 11.5. The summed E-state index contributed by atoms with van der Waals surface area (Å²) >= 11 is 1.78. The van der Waals surface area contributed by atoms with Crippen LogP contribution in [-0.2, 0) is 53.0 Å². The molecule has 0 unspecified atom stereocenters. The first-order chi connectivity index (χ1) is 23.1. The molecule has 0 aliphatic rings. The van der Waals surface area contributed by atoms with Crippen LogP contribution in [0.25, 0.3) is 0 Å². The summed E-state index contributed by atoms with van der Waals surface area (Å²) in [6.07, 6.45) is -8.97. The van der Waals surface area contributed by atoms with Gasteiger partial charge < -0.3 is 15.2 Å². The van der Waals surface area contributed by atoms with E-state index in [0.717, 1.165) is 48.5 Å². The highest BCUT2D eigenvalue weighted by Crippen LogP contribution is 2.32. The van der Waals surface area contributed by atoms with E-state index in [1.807, 2.05) is 0 Å². The number of ether oxygens (including phenoxy) is 2. The lowest BCUT2D eigenvalue weighted by atomic mass is 10.1. The molecule has 0 spiro atoms. The van der Waals surface area contributed by atoms with Crippen molar-refractivity contribution in [2.75, 3.05) is 20.0 Å². The topological polar surface area (TPSA) is 147 Å². The zero-order valence-corrected chi connectivity index (χ0v) is 29.6. The first-order valence-corrected chi connectivity index (χ1v) is 18.1. The number of hydrogen-bond acceptors (Lipinski definition) is 9. The van der Waals surface area contributed by atoms with Crippen LogP contribution >= 0.6 is 22.6 Å². The molecule has 4 rings (SSSR count). The van der Waals surface area contributed by atoms with Crippen molar-refractivity contribution in [3.63, 3.8) is 0 Å². The summed E-state index contributed by atoms with van der Waals surface area (Å²) in [5.41, 5.74) is 4.57. The summed E-state index contributed by atoms with van der Waals surface area (Å²) in [6.45, 7) is 0. The molecule has 0 heterocycles. The highest BCUT2D eigenvalue weighted by atomic mass is 127. The average molecular weight is 858 g/mol. The maximum Gasteiger partial charge on any atom is 0.416 e. The molecule has 4 aromatic carbocycles. The molecule has 9 nitrogen and oxygen atoms in total. The number of esters is 2. The molecule has 0 aliphatic heterocycles. The number of hydrogen-bond donors (Lipinski definition) is 1.